The van der Waals surface area contributed by atoms with Crippen LogP contribution in [-0.4, -0.2) is 0 Å². The molecule has 0 N–H and O–H groups in total. The summed E-state index contributed by atoms with van der Waals surface area (Å²) in [5.74, 6) is 1.73. The lowest BCUT2D eigenvalue weighted by atomic mass is 9.52. The molecule has 0 aromatic heterocycles. The van der Waals surface area contributed by atoms with Crippen molar-refractivity contribution >= 4 is 0 Å². The predicted molar refractivity (Wildman–Crippen MR) is 66.7 cm³/mol. The normalized spacial score (nSPS) is 38.9. The summed E-state index contributed by atoms with van der Waals surface area (Å²) in [5, 5.41) is 0. The van der Waals surface area contributed by atoms with E-state index < -0.39 is 0 Å². The Morgan fingerprint density at radius 1 is 1.33 bits per heavy atom. The van der Waals surface area contributed by atoms with E-state index in [1.54, 1.807) is 5.57 Å². The summed E-state index contributed by atoms with van der Waals surface area (Å²) < 4.78 is 0. The molecule has 1 fully saturated rings. The average molecular weight is 204 g/mol. The van der Waals surface area contributed by atoms with Crippen molar-refractivity contribution in [3.8, 4) is 0 Å². The zero-order valence-corrected chi connectivity index (χ0v) is 10.5. The second kappa shape index (κ2) is 3.81. The molecular weight excluding hydrogens is 180 g/mol. The lowest BCUT2D eigenvalue weighted by Gasteiger charge is -2.53. The van der Waals surface area contributed by atoms with Crippen molar-refractivity contribution in [2.24, 2.45) is 17.3 Å². The molecule has 0 bridgehead atoms. The summed E-state index contributed by atoms with van der Waals surface area (Å²) in [6.07, 6.45) is 8.90. The van der Waals surface area contributed by atoms with E-state index in [9.17, 15) is 0 Å². The van der Waals surface area contributed by atoms with Gasteiger partial charge >= 0.3 is 0 Å². The minimum Gasteiger partial charge on any atom is -0.0996 e. The smallest absolute Gasteiger partial charge is 0.0167 e. The molecule has 0 aromatic carbocycles. The Hall–Kier alpha value is -0.520. The highest BCUT2D eigenvalue weighted by molar-refractivity contribution is 5.16. The molecule has 0 saturated heterocycles. The summed E-state index contributed by atoms with van der Waals surface area (Å²) in [5.41, 5.74) is 3.68. The van der Waals surface area contributed by atoms with Crippen molar-refractivity contribution < 1.29 is 0 Å². The van der Waals surface area contributed by atoms with Crippen molar-refractivity contribution in [1.82, 2.24) is 0 Å². The lowest BCUT2D eigenvalue weighted by molar-refractivity contribution is 0.00384. The third-order valence-electron chi connectivity index (χ3n) is 4.57. The molecule has 0 unspecified atom stereocenters. The molecule has 2 aliphatic carbocycles. The lowest BCUT2D eigenvalue weighted by Crippen LogP contribution is -2.44. The second-order valence-corrected chi connectivity index (χ2v) is 6.19. The van der Waals surface area contributed by atoms with E-state index in [1.807, 2.05) is 0 Å². The summed E-state index contributed by atoms with van der Waals surface area (Å²) in [7, 11) is 0. The van der Waals surface area contributed by atoms with Crippen molar-refractivity contribution in [1.29, 1.82) is 0 Å². The van der Waals surface area contributed by atoms with Crippen LogP contribution in [0, 0.1) is 17.3 Å². The van der Waals surface area contributed by atoms with Gasteiger partial charge in [0.1, 0.15) is 0 Å². The maximum absolute atomic E-state index is 4.30. The van der Waals surface area contributed by atoms with E-state index in [0.29, 0.717) is 5.41 Å². The van der Waals surface area contributed by atoms with Gasteiger partial charge in [-0.3, -0.25) is 0 Å². The van der Waals surface area contributed by atoms with Crippen molar-refractivity contribution in [3.05, 3.63) is 23.8 Å². The van der Waals surface area contributed by atoms with Crippen molar-refractivity contribution in [3.63, 3.8) is 0 Å². The highest BCUT2D eigenvalue weighted by Crippen LogP contribution is 2.56. The monoisotopic (exact) mass is 204 g/mol. The summed E-state index contributed by atoms with van der Waals surface area (Å²) in [6.45, 7) is 11.4. The molecule has 2 aliphatic rings. The van der Waals surface area contributed by atoms with Crippen LogP contribution in [0.4, 0.5) is 0 Å². The van der Waals surface area contributed by atoms with E-state index in [0.717, 1.165) is 11.8 Å². The van der Waals surface area contributed by atoms with Crippen LogP contribution in [0.3, 0.4) is 0 Å². The van der Waals surface area contributed by atoms with Crippen LogP contribution in [0.2, 0.25) is 0 Å². The van der Waals surface area contributed by atoms with Crippen LogP contribution in [0.25, 0.3) is 0 Å². The maximum Gasteiger partial charge on any atom is -0.0167 e. The Morgan fingerprint density at radius 2 is 2.07 bits per heavy atom. The topological polar surface area (TPSA) is 0 Å². The van der Waals surface area contributed by atoms with E-state index >= 15 is 0 Å². The Kier molecular flexibility index (Phi) is 2.79. The van der Waals surface area contributed by atoms with E-state index in [-0.39, 0.29) is 0 Å². The van der Waals surface area contributed by atoms with Gasteiger partial charge in [-0.25, -0.2) is 0 Å². The Balaban J connectivity index is 2.12. The first-order chi connectivity index (χ1) is 7.00. The van der Waals surface area contributed by atoms with Gasteiger partial charge in [-0.15, -0.1) is 0 Å². The Morgan fingerprint density at radius 3 is 2.73 bits per heavy atom. The number of hydrogen-bond donors (Lipinski definition) is 0. The summed E-state index contributed by atoms with van der Waals surface area (Å²) >= 11 is 0. The van der Waals surface area contributed by atoms with Gasteiger partial charge in [-0.2, -0.15) is 0 Å². The van der Waals surface area contributed by atoms with Crippen molar-refractivity contribution in [2.75, 3.05) is 0 Å². The first-order valence-electron chi connectivity index (χ1n) is 6.34. The number of hydrogen-bond acceptors (Lipinski definition) is 0. The second-order valence-electron chi connectivity index (χ2n) is 6.19. The van der Waals surface area contributed by atoms with Gasteiger partial charge in [0.25, 0.3) is 0 Å². The molecule has 0 heterocycles. The molecule has 84 valence electrons. The molecule has 2 rings (SSSR count). The van der Waals surface area contributed by atoms with Crippen LogP contribution >= 0.6 is 0 Å². The SMILES string of the molecule is C=C1CC/C=C(\C)CC[C@H]2[C@@H]1CC2(C)C. The Bertz CT molecular complexity index is 293. The van der Waals surface area contributed by atoms with E-state index in [1.165, 1.54) is 37.7 Å². The molecule has 2 atom stereocenters. The maximum atomic E-state index is 4.30. The standard InChI is InChI=1S/C15H24/c1-11-6-5-7-12(2)13-10-15(3,4)14(13)9-8-11/h6,13-14H,2,5,7-10H2,1,3-4H3/b11-6+/t13-,14+/m1/s1. The summed E-state index contributed by atoms with van der Waals surface area (Å²) in [4.78, 5) is 0. The zero-order valence-electron chi connectivity index (χ0n) is 10.5. The molecule has 0 heteroatoms. The number of allylic oxidation sites excluding steroid dienone is 3. The first-order valence-corrected chi connectivity index (χ1v) is 6.34. The average Bonchev–Trinajstić information content (AvgIpc) is 2.18. The van der Waals surface area contributed by atoms with Gasteiger partial charge in [0, 0.05) is 0 Å². The van der Waals surface area contributed by atoms with Crippen LogP contribution in [-0.2, 0) is 0 Å². The molecule has 0 aliphatic heterocycles. The number of rotatable bonds is 0. The predicted octanol–water partition coefficient (Wildman–Crippen LogP) is 4.73. The fourth-order valence-electron chi connectivity index (χ4n) is 3.44. The summed E-state index contributed by atoms with van der Waals surface area (Å²) in [6, 6.07) is 0. The highest BCUT2D eigenvalue weighted by Gasteiger charge is 2.47. The Labute approximate surface area is 94.5 Å². The van der Waals surface area contributed by atoms with Crippen LogP contribution in [0.15, 0.2) is 23.8 Å². The van der Waals surface area contributed by atoms with Gasteiger partial charge < -0.3 is 0 Å². The van der Waals surface area contributed by atoms with Crippen LogP contribution < -0.4 is 0 Å². The van der Waals surface area contributed by atoms with Gasteiger partial charge in [0.05, 0.1) is 0 Å². The van der Waals surface area contributed by atoms with E-state index in [2.05, 4.69) is 33.4 Å². The minimum absolute atomic E-state index is 0.568. The fourth-order valence-corrected chi connectivity index (χ4v) is 3.44. The van der Waals surface area contributed by atoms with Crippen LogP contribution in [0.5, 0.6) is 0 Å². The minimum atomic E-state index is 0.568. The molecule has 1 saturated carbocycles. The third-order valence-corrected chi connectivity index (χ3v) is 4.57. The van der Waals surface area contributed by atoms with Gasteiger partial charge in [-0.05, 0) is 56.3 Å². The van der Waals surface area contributed by atoms with Crippen molar-refractivity contribution in [2.45, 2.75) is 52.9 Å². The molecule has 0 radical (unpaired) electrons. The van der Waals surface area contributed by atoms with Gasteiger partial charge in [-0.1, -0.05) is 37.6 Å². The molecule has 15 heavy (non-hydrogen) atoms. The third kappa shape index (κ3) is 2.04. The first kappa shape index (κ1) is 11.0. The quantitative estimate of drug-likeness (QED) is 0.501. The van der Waals surface area contributed by atoms with Gasteiger partial charge in [0.15, 0.2) is 0 Å². The molecule has 0 amide bonds. The molecular formula is C15H24. The molecule has 0 nitrogen and oxygen atoms in total. The largest absolute Gasteiger partial charge is 0.0996 e. The van der Waals surface area contributed by atoms with Crippen LogP contribution in [0.1, 0.15) is 52.9 Å². The zero-order chi connectivity index (χ0) is 11.1. The highest BCUT2D eigenvalue weighted by atomic mass is 14.5. The molecule has 0 spiro atoms. The fraction of sp³-hybridized carbons (Fsp3) is 0.733. The van der Waals surface area contributed by atoms with E-state index in [4.69, 9.17) is 0 Å². The molecule has 0 aromatic rings. The number of fused-ring (bicyclic) bond motifs is 1. The van der Waals surface area contributed by atoms with Gasteiger partial charge in [0.2, 0.25) is 0 Å².